The third-order valence-corrected chi connectivity index (χ3v) is 9.21. The largest absolute Gasteiger partial charge is 0.397 e. The van der Waals surface area contributed by atoms with Gasteiger partial charge in [-0.15, -0.1) is 0 Å². The molecule has 11 heteroatoms. The van der Waals surface area contributed by atoms with Gasteiger partial charge in [0, 0.05) is 34.9 Å². The van der Waals surface area contributed by atoms with E-state index < -0.39 is 5.91 Å². The minimum Gasteiger partial charge on any atom is -0.397 e. The van der Waals surface area contributed by atoms with Crippen LogP contribution in [0.25, 0.3) is 0 Å². The van der Waals surface area contributed by atoms with E-state index >= 15 is 0 Å². The summed E-state index contributed by atoms with van der Waals surface area (Å²) < 4.78 is 5.53. The molecule has 2 aromatic carbocycles. The molecule has 0 unspecified atom stereocenters. The summed E-state index contributed by atoms with van der Waals surface area (Å²) in [6.07, 6.45) is 3.92. The van der Waals surface area contributed by atoms with Gasteiger partial charge in [-0.25, -0.2) is 4.98 Å². The Bertz CT molecular complexity index is 1420. The number of carbonyl (C=O) groups excluding carboxylic acids is 1. The molecule has 3 aromatic rings. The molecule has 2 saturated heterocycles. The fourth-order valence-corrected chi connectivity index (χ4v) is 6.47. The van der Waals surface area contributed by atoms with Gasteiger partial charge in [-0.2, -0.15) is 0 Å². The van der Waals surface area contributed by atoms with Gasteiger partial charge >= 0.3 is 0 Å². The zero-order valence-corrected chi connectivity index (χ0v) is 25.2. The first-order valence-electron chi connectivity index (χ1n) is 13.7. The molecule has 2 aliphatic heterocycles. The Morgan fingerprint density at radius 3 is 2.59 bits per heavy atom. The summed E-state index contributed by atoms with van der Waals surface area (Å²) in [5, 5.41) is 16.7. The van der Waals surface area contributed by atoms with Gasteiger partial charge < -0.3 is 26.0 Å². The van der Waals surface area contributed by atoms with Crippen molar-refractivity contribution >= 4 is 58.1 Å². The van der Waals surface area contributed by atoms with E-state index in [9.17, 15) is 4.79 Å². The van der Waals surface area contributed by atoms with Crippen molar-refractivity contribution in [3.05, 3.63) is 75.4 Å². The molecule has 8 nitrogen and oxygen atoms in total. The molecule has 0 saturated carbocycles. The van der Waals surface area contributed by atoms with Gasteiger partial charge in [0.2, 0.25) is 0 Å². The Morgan fingerprint density at radius 2 is 1.83 bits per heavy atom. The van der Waals surface area contributed by atoms with E-state index in [2.05, 4.69) is 33.6 Å². The van der Waals surface area contributed by atoms with Gasteiger partial charge in [-0.1, -0.05) is 41.0 Å². The van der Waals surface area contributed by atoms with Crippen LogP contribution in [0.15, 0.2) is 58.5 Å². The molecular weight excluding hydrogens is 579 g/mol. The minimum absolute atomic E-state index is 0.177. The number of anilines is 2. The van der Waals surface area contributed by atoms with Gasteiger partial charge in [-0.05, 0) is 99.8 Å². The van der Waals surface area contributed by atoms with Crippen molar-refractivity contribution in [2.75, 3.05) is 44.4 Å². The predicted molar refractivity (Wildman–Crippen MR) is 167 cm³/mol. The van der Waals surface area contributed by atoms with Gasteiger partial charge in [0.15, 0.2) is 5.84 Å². The van der Waals surface area contributed by atoms with Crippen molar-refractivity contribution in [2.24, 2.45) is 0 Å². The Hall–Kier alpha value is -2.82. The lowest BCUT2D eigenvalue weighted by Gasteiger charge is -2.30. The molecule has 0 bridgehead atoms. The molecule has 1 aromatic heterocycles. The summed E-state index contributed by atoms with van der Waals surface area (Å²) in [5.74, 6) is -0.116. The average molecular weight is 614 g/mol. The molecule has 2 aliphatic rings. The topological polar surface area (TPSA) is 116 Å². The minimum atomic E-state index is -0.392. The number of amides is 1. The molecule has 2 fully saturated rings. The van der Waals surface area contributed by atoms with Crippen LogP contribution in [0.3, 0.4) is 0 Å². The number of benzene rings is 2. The molecule has 5 N–H and O–H groups in total. The Morgan fingerprint density at radius 1 is 1.07 bits per heavy atom. The van der Waals surface area contributed by atoms with Crippen LogP contribution in [-0.4, -0.2) is 61.0 Å². The van der Waals surface area contributed by atoms with E-state index in [0.717, 1.165) is 49.4 Å². The fraction of sp³-hybridized carbons (Fsp3) is 0.367. The van der Waals surface area contributed by atoms with Crippen LogP contribution in [0.2, 0.25) is 10.0 Å². The zero-order chi connectivity index (χ0) is 28.9. The summed E-state index contributed by atoms with van der Waals surface area (Å²) in [6.45, 7) is 3.50. The van der Waals surface area contributed by atoms with E-state index in [-0.39, 0.29) is 23.3 Å². The highest BCUT2D eigenvalue weighted by Gasteiger charge is 2.24. The van der Waals surface area contributed by atoms with Gasteiger partial charge in [-0.3, -0.25) is 10.2 Å². The van der Waals surface area contributed by atoms with Crippen LogP contribution in [0, 0.1) is 5.41 Å². The molecule has 0 spiro atoms. The maximum Gasteiger partial charge on any atom is 0.258 e. The van der Waals surface area contributed by atoms with Crippen LogP contribution >= 0.6 is 35.0 Å². The highest BCUT2D eigenvalue weighted by atomic mass is 35.5. The van der Waals surface area contributed by atoms with Crippen LogP contribution in [-0.2, 0) is 4.74 Å². The van der Waals surface area contributed by atoms with Crippen molar-refractivity contribution in [1.29, 1.82) is 5.41 Å². The molecule has 41 heavy (non-hydrogen) atoms. The smallest absolute Gasteiger partial charge is 0.258 e. The molecule has 0 atom stereocenters. The zero-order valence-electron chi connectivity index (χ0n) is 22.9. The first-order chi connectivity index (χ1) is 19.8. The second kappa shape index (κ2) is 13.4. The number of aromatic nitrogens is 1. The molecule has 0 aliphatic carbocycles. The number of hydrogen-bond acceptors (Lipinski definition) is 8. The van der Waals surface area contributed by atoms with Crippen LogP contribution in [0.4, 0.5) is 11.4 Å². The monoisotopic (exact) mass is 612 g/mol. The van der Waals surface area contributed by atoms with Crippen LogP contribution in [0.5, 0.6) is 0 Å². The number of nitrogens with zero attached hydrogens (tertiary/aromatic N) is 2. The van der Waals surface area contributed by atoms with E-state index in [1.165, 1.54) is 17.3 Å². The number of halogens is 2. The number of piperidine rings is 1. The van der Waals surface area contributed by atoms with Crippen LogP contribution < -0.4 is 16.4 Å². The summed E-state index contributed by atoms with van der Waals surface area (Å²) in [5.41, 5.74) is 9.14. The standard InChI is InChI=1S/C30H34Cl2N6O2S/c1-38-12-8-18(9-13-38)19-2-4-22(25(16-19)35-21-10-14-40-15-11-21)30(39)37-29(34)28-24(33)6-7-27(36-28)41-26-17-20(31)3-5-23(26)32/h2-7,16-18,21,35H,8-15,33H2,1H3,(H2,34,37,39). The van der Waals surface area contributed by atoms with E-state index in [4.69, 9.17) is 39.1 Å². The number of carbonyl (C=O) groups is 1. The third-order valence-electron chi connectivity index (χ3n) is 7.54. The number of hydrogen-bond donors (Lipinski definition) is 4. The Labute approximate surface area is 254 Å². The quantitative estimate of drug-likeness (QED) is 0.183. The number of rotatable bonds is 7. The summed E-state index contributed by atoms with van der Waals surface area (Å²) in [4.78, 5) is 21.2. The number of pyridine rings is 1. The molecular formula is C30H34Cl2N6O2S. The molecule has 1 amide bonds. The highest BCUT2D eigenvalue weighted by molar-refractivity contribution is 7.99. The normalized spacial score (nSPS) is 16.9. The van der Waals surface area contributed by atoms with Crippen molar-refractivity contribution in [1.82, 2.24) is 15.2 Å². The van der Waals surface area contributed by atoms with Gasteiger partial charge in [0.05, 0.1) is 16.3 Å². The lowest BCUT2D eigenvalue weighted by molar-refractivity contribution is 0.0904. The van der Waals surface area contributed by atoms with Gasteiger partial charge in [0.1, 0.15) is 10.7 Å². The summed E-state index contributed by atoms with van der Waals surface area (Å²) >= 11 is 13.8. The van der Waals surface area contributed by atoms with E-state index in [0.29, 0.717) is 39.8 Å². The number of nitrogens with two attached hydrogens (primary N) is 1. The number of nitrogen functional groups attached to an aromatic ring is 1. The number of nitrogens with one attached hydrogen (secondary N) is 3. The Kier molecular flexibility index (Phi) is 9.72. The lowest BCUT2D eigenvalue weighted by atomic mass is 9.88. The predicted octanol–water partition coefficient (Wildman–Crippen LogP) is 6.28. The summed E-state index contributed by atoms with van der Waals surface area (Å²) in [7, 11) is 2.15. The van der Waals surface area contributed by atoms with Gasteiger partial charge in [0.25, 0.3) is 5.91 Å². The fourth-order valence-electron chi connectivity index (χ4n) is 5.15. The molecule has 3 heterocycles. The molecule has 216 valence electrons. The van der Waals surface area contributed by atoms with E-state index in [1.54, 1.807) is 30.3 Å². The Balaban J connectivity index is 1.36. The van der Waals surface area contributed by atoms with E-state index in [1.807, 2.05) is 12.1 Å². The second-order valence-corrected chi connectivity index (χ2v) is 12.4. The summed E-state index contributed by atoms with van der Waals surface area (Å²) in [6, 6.07) is 14.8. The second-order valence-electron chi connectivity index (χ2n) is 10.5. The van der Waals surface area contributed by atoms with Crippen molar-refractivity contribution in [3.8, 4) is 0 Å². The van der Waals surface area contributed by atoms with Crippen molar-refractivity contribution in [3.63, 3.8) is 0 Å². The molecule has 0 radical (unpaired) electrons. The third kappa shape index (κ3) is 7.53. The lowest BCUT2D eigenvalue weighted by Crippen LogP contribution is -2.34. The number of amidine groups is 1. The molecule has 5 rings (SSSR count). The number of likely N-dealkylation sites (tertiary alicyclic amines) is 1. The first-order valence-corrected chi connectivity index (χ1v) is 15.3. The SMILES string of the molecule is CN1CCC(c2ccc(C(=O)NC(=N)c3nc(Sc4cc(Cl)ccc4Cl)ccc3N)c(NC3CCOCC3)c2)CC1. The van der Waals surface area contributed by atoms with Crippen LogP contribution in [0.1, 0.15) is 53.2 Å². The maximum absolute atomic E-state index is 13.6. The maximum atomic E-state index is 13.6. The van der Waals surface area contributed by atoms with Crippen molar-refractivity contribution in [2.45, 2.75) is 47.6 Å². The highest BCUT2D eigenvalue weighted by Crippen LogP contribution is 2.35. The van der Waals surface area contributed by atoms with Crippen molar-refractivity contribution < 1.29 is 9.53 Å². The number of ether oxygens (including phenoxy) is 1. The average Bonchev–Trinajstić information content (AvgIpc) is 2.97. The first kappa shape index (κ1) is 29.7.